The van der Waals surface area contributed by atoms with Crippen molar-refractivity contribution in [1.29, 1.82) is 0 Å². The van der Waals surface area contributed by atoms with Gasteiger partial charge < -0.3 is 14.4 Å². The SMILES string of the molecule is COc1ccccc1[C@@H]1CN(C(=O)C2(c3ccccc3F)CCOCC2)CCN1C. The van der Waals surface area contributed by atoms with E-state index in [-0.39, 0.29) is 17.8 Å². The van der Waals surface area contributed by atoms with Gasteiger partial charge in [-0.1, -0.05) is 36.4 Å². The maximum atomic E-state index is 14.8. The van der Waals surface area contributed by atoms with Gasteiger partial charge in [0, 0.05) is 44.0 Å². The number of piperazine rings is 1. The summed E-state index contributed by atoms with van der Waals surface area (Å²) >= 11 is 0. The highest BCUT2D eigenvalue weighted by atomic mass is 19.1. The quantitative estimate of drug-likeness (QED) is 0.772. The molecule has 6 heteroatoms. The van der Waals surface area contributed by atoms with E-state index in [0.717, 1.165) is 17.9 Å². The van der Waals surface area contributed by atoms with Crippen LogP contribution in [-0.2, 0) is 14.9 Å². The van der Waals surface area contributed by atoms with Crippen molar-refractivity contribution in [1.82, 2.24) is 9.80 Å². The lowest BCUT2D eigenvalue weighted by Gasteiger charge is -2.45. The molecule has 0 saturated carbocycles. The Hall–Kier alpha value is -2.44. The van der Waals surface area contributed by atoms with Gasteiger partial charge in [-0.05, 0) is 32.0 Å². The van der Waals surface area contributed by atoms with Gasteiger partial charge in [0.05, 0.1) is 18.6 Å². The molecule has 0 bridgehead atoms. The van der Waals surface area contributed by atoms with Gasteiger partial charge in [0.15, 0.2) is 0 Å². The van der Waals surface area contributed by atoms with Crippen LogP contribution in [0.5, 0.6) is 5.75 Å². The largest absolute Gasteiger partial charge is 0.496 e. The van der Waals surface area contributed by atoms with Crippen LogP contribution in [0.2, 0.25) is 0 Å². The zero-order chi connectivity index (χ0) is 21.1. The van der Waals surface area contributed by atoms with Crippen LogP contribution in [0.4, 0.5) is 4.39 Å². The molecule has 2 heterocycles. The van der Waals surface area contributed by atoms with Crippen molar-refractivity contribution >= 4 is 5.91 Å². The molecule has 1 amide bonds. The third-order valence-electron chi connectivity index (χ3n) is 6.58. The van der Waals surface area contributed by atoms with Gasteiger partial charge in [-0.3, -0.25) is 9.69 Å². The average Bonchev–Trinajstić information content (AvgIpc) is 2.79. The zero-order valence-electron chi connectivity index (χ0n) is 17.6. The molecule has 2 saturated heterocycles. The molecule has 0 aliphatic carbocycles. The van der Waals surface area contributed by atoms with Crippen molar-refractivity contribution < 1.29 is 18.7 Å². The molecule has 0 aromatic heterocycles. The molecule has 2 aromatic rings. The summed E-state index contributed by atoms with van der Waals surface area (Å²) in [6, 6.07) is 14.6. The van der Waals surface area contributed by atoms with Gasteiger partial charge in [-0.15, -0.1) is 0 Å². The number of carbonyl (C=O) groups excluding carboxylic acids is 1. The number of benzene rings is 2. The van der Waals surface area contributed by atoms with E-state index in [1.54, 1.807) is 19.2 Å². The number of ether oxygens (including phenoxy) is 2. The molecular formula is C24H29FN2O3. The maximum absolute atomic E-state index is 14.8. The smallest absolute Gasteiger partial charge is 0.233 e. The van der Waals surface area contributed by atoms with E-state index in [2.05, 4.69) is 18.0 Å². The molecule has 0 spiro atoms. The number of likely N-dealkylation sites (N-methyl/N-ethyl adjacent to an activating group) is 1. The number of carbonyl (C=O) groups is 1. The van der Waals surface area contributed by atoms with Crippen molar-refractivity contribution in [2.75, 3.05) is 47.0 Å². The Kier molecular flexibility index (Phi) is 6.06. The minimum Gasteiger partial charge on any atom is -0.496 e. The third kappa shape index (κ3) is 3.70. The average molecular weight is 413 g/mol. The van der Waals surface area contributed by atoms with Crippen molar-refractivity contribution in [3.63, 3.8) is 0 Å². The summed E-state index contributed by atoms with van der Waals surface area (Å²) in [5.41, 5.74) is 0.683. The molecule has 0 radical (unpaired) electrons. The van der Waals surface area contributed by atoms with E-state index in [9.17, 15) is 9.18 Å². The van der Waals surface area contributed by atoms with Crippen LogP contribution in [0.25, 0.3) is 0 Å². The molecule has 2 fully saturated rings. The van der Waals surface area contributed by atoms with Crippen LogP contribution in [0.1, 0.15) is 30.0 Å². The van der Waals surface area contributed by atoms with Crippen LogP contribution in [0.3, 0.4) is 0 Å². The fourth-order valence-electron chi connectivity index (χ4n) is 4.81. The topological polar surface area (TPSA) is 42.0 Å². The normalized spacial score (nSPS) is 22.0. The number of halogens is 1. The minimum absolute atomic E-state index is 0.00361. The fraction of sp³-hybridized carbons (Fsp3) is 0.458. The molecular weight excluding hydrogens is 383 g/mol. The van der Waals surface area contributed by atoms with Crippen molar-refractivity contribution in [3.05, 3.63) is 65.5 Å². The Balaban J connectivity index is 1.66. The van der Waals surface area contributed by atoms with Crippen LogP contribution in [-0.4, -0.2) is 62.7 Å². The van der Waals surface area contributed by atoms with Gasteiger partial charge in [0.2, 0.25) is 5.91 Å². The molecule has 2 aliphatic heterocycles. The van der Waals surface area contributed by atoms with E-state index in [0.29, 0.717) is 44.7 Å². The van der Waals surface area contributed by atoms with E-state index < -0.39 is 5.41 Å². The number of para-hydroxylation sites is 1. The highest BCUT2D eigenvalue weighted by molar-refractivity contribution is 5.88. The number of nitrogens with zero attached hydrogens (tertiary/aromatic N) is 2. The molecule has 2 aromatic carbocycles. The first-order valence-corrected chi connectivity index (χ1v) is 10.5. The first-order valence-electron chi connectivity index (χ1n) is 10.5. The molecule has 30 heavy (non-hydrogen) atoms. The number of amides is 1. The number of methoxy groups -OCH3 is 1. The Bertz CT molecular complexity index is 898. The molecule has 5 nitrogen and oxygen atoms in total. The molecule has 4 rings (SSSR count). The predicted octanol–water partition coefficient (Wildman–Crippen LogP) is 3.40. The third-order valence-corrected chi connectivity index (χ3v) is 6.58. The molecule has 2 aliphatic rings. The lowest BCUT2D eigenvalue weighted by Crippen LogP contribution is -2.56. The summed E-state index contributed by atoms with van der Waals surface area (Å²) in [6.45, 7) is 2.84. The van der Waals surface area contributed by atoms with Gasteiger partial charge in [0.1, 0.15) is 11.6 Å². The lowest BCUT2D eigenvalue weighted by molar-refractivity contribution is -0.144. The lowest BCUT2D eigenvalue weighted by atomic mass is 9.72. The van der Waals surface area contributed by atoms with E-state index in [1.807, 2.05) is 29.2 Å². The minimum atomic E-state index is -0.870. The van der Waals surface area contributed by atoms with Gasteiger partial charge in [-0.25, -0.2) is 4.39 Å². The van der Waals surface area contributed by atoms with Gasteiger partial charge in [-0.2, -0.15) is 0 Å². The molecule has 1 atom stereocenters. The number of hydrogen-bond donors (Lipinski definition) is 0. The van der Waals surface area contributed by atoms with Crippen molar-refractivity contribution in [2.24, 2.45) is 0 Å². The highest BCUT2D eigenvalue weighted by Crippen LogP contribution is 2.40. The number of rotatable bonds is 4. The van der Waals surface area contributed by atoms with Crippen LogP contribution in [0.15, 0.2) is 48.5 Å². The van der Waals surface area contributed by atoms with Crippen molar-refractivity contribution in [3.8, 4) is 5.75 Å². The summed E-state index contributed by atoms with van der Waals surface area (Å²) in [5.74, 6) is 0.505. The fourth-order valence-corrected chi connectivity index (χ4v) is 4.81. The Morgan fingerprint density at radius 3 is 2.53 bits per heavy atom. The van der Waals surface area contributed by atoms with Crippen molar-refractivity contribution in [2.45, 2.75) is 24.3 Å². The summed E-state index contributed by atoms with van der Waals surface area (Å²) < 4.78 is 25.9. The van der Waals surface area contributed by atoms with E-state index in [1.165, 1.54) is 6.07 Å². The van der Waals surface area contributed by atoms with E-state index in [4.69, 9.17) is 9.47 Å². The summed E-state index contributed by atoms with van der Waals surface area (Å²) in [4.78, 5) is 18.1. The molecule has 160 valence electrons. The predicted molar refractivity (Wildman–Crippen MR) is 113 cm³/mol. The summed E-state index contributed by atoms with van der Waals surface area (Å²) in [7, 11) is 3.74. The van der Waals surface area contributed by atoms with Gasteiger partial charge >= 0.3 is 0 Å². The van der Waals surface area contributed by atoms with Crippen LogP contribution in [0, 0.1) is 5.82 Å². The second-order valence-electron chi connectivity index (χ2n) is 8.16. The number of hydrogen-bond acceptors (Lipinski definition) is 4. The van der Waals surface area contributed by atoms with E-state index >= 15 is 0 Å². The molecule has 0 N–H and O–H groups in total. The highest BCUT2D eigenvalue weighted by Gasteiger charge is 2.47. The standard InChI is InChI=1S/C24H29FN2O3/c1-26-13-14-27(17-21(26)18-7-3-6-10-22(18)29-2)23(28)24(11-15-30-16-12-24)19-8-4-5-9-20(19)25/h3-10,21H,11-17H2,1-2H3/t21-/m0/s1. The molecule has 0 unspecified atom stereocenters. The van der Waals surface area contributed by atoms with Crippen LogP contribution < -0.4 is 4.74 Å². The second kappa shape index (κ2) is 8.74. The first-order chi connectivity index (χ1) is 14.6. The maximum Gasteiger partial charge on any atom is 0.233 e. The summed E-state index contributed by atoms with van der Waals surface area (Å²) in [6.07, 6.45) is 0.997. The monoisotopic (exact) mass is 412 g/mol. The Morgan fingerprint density at radius 1 is 1.10 bits per heavy atom. The van der Waals surface area contributed by atoms with Crippen LogP contribution >= 0.6 is 0 Å². The first kappa shape index (κ1) is 20.8. The van der Waals surface area contributed by atoms with Gasteiger partial charge in [0.25, 0.3) is 0 Å². The summed E-state index contributed by atoms with van der Waals surface area (Å²) in [5, 5.41) is 0. The second-order valence-corrected chi connectivity index (χ2v) is 8.16. The zero-order valence-corrected chi connectivity index (χ0v) is 17.6. The Labute approximate surface area is 177 Å². The Morgan fingerprint density at radius 2 is 1.80 bits per heavy atom.